The van der Waals surface area contributed by atoms with Gasteiger partial charge in [0.25, 0.3) is 0 Å². The zero-order valence-corrected chi connectivity index (χ0v) is 12.4. The van der Waals surface area contributed by atoms with Gasteiger partial charge in [0.1, 0.15) is 0 Å². The lowest BCUT2D eigenvalue weighted by Gasteiger charge is -2.20. The highest BCUT2D eigenvalue weighted by Crippen LogP contribution is 2.28. The van der Waals surface area contributed by atoms with Gasteiger partial charge in [-0.3, -0.25) is 4.79 Å². The molecule has 0 bridgehead atoms. The fourth-order valence-corrected chi connectivity index (χ4v) is 3.10. The summed E-state index contributed by atoms with van der Waals surface area (Å²) in [7, 11) is 1.69. The fraction of sp³-hybridized carbons (Fsp3) is 0.438. The number of amides is 1. The van der Waals surface area contributed by atoms with E-state index in [1.807, 2.05) is 31.2 Å². The summed E-state index contributed by atoms with van der Waals surface area (Å²) in [5.74, 6) is 0.722. The lowest BCUT2D eigenvalue weighted by atomic mass is 10.0. The number of carbonyl (C=O) groups excluding carboxylic acids is 1. The lowest BCUT2D eigenvalue weighted by molar-refractivity contribution is -0.124. The van der Waals surface area contributed by atoms with Crippen LogP contribution in [-0.2, 0) is 4.79 Å². The summed E-state index contributed by atoms with van der Waals surface area (Å²) < 4.78 is 0. The molecular formula is C16H20N4O. The number of benzene rings is 1. The third-order valence-corrected chi connectivity index (χ3v) is 4.21. The van der Waals surface area contributed by atoms with Gasteiger partial charge < -0.3 is 10.6 Å². The van der Waals surface area contributed by atoms with E-state index in [-0.39, 0.29) is 17.9 Å². The van der Waals surface area contributed by atoms with E-state index in [2.05, 4.69) is 20.6 Å². The average Bonchev–Trinajstić information content (AvgIpc) is 2.94. The van der Waals surface area contributed by atoms with Gasteiger partial charge in [0.15, 0.2) is 0 Å². The molecule has 1 fully saturated rings. The molecule has 0 spiro atoms. The van der Waals surface area contributed by atoms with Crippen LogP contribution in [0.1, 0.15) is 25.0 Å². The Bertz CT molecular complexity index is 670. The van der Waals surface area contributed by atoms with E-state index in [0.717, 1.165) is 35.9 Å². The maximum Gasteiger partial charge on any atom is 0.224 e. The van der Waals surface area contributed by atoms with Crippen LogP contribution in [-0.4, -0.2) is 29.0 Å². The van der Waals surface area contributed by atoms with Crippen LogP contribution < -0.4 is 10.6 Å². The van der Waals surface area contributed by atoms with Gasteiger partial charge in [-0.25, -0.2) is 9.97 Å². The summed E-state index contributed by atoms with van der Waals surface area (Å²) in [6, 6.07) is 8.09. The van der Waals surface area contributed by atoms with Crippen molar-refractivity contribution in [2.75, 3.05) is 12.4 Å². The molecule has 1 aromatic heterocycles. The summed E-state index contributed by atoms with van der Waals surface area (Å²) in [6.07, 6.45) is 2.96. The van der Waals surface area contributed by atoms with Crippen molar-refractivity contribution in [3.05, 3.63) is 30.0 Å². The Labute approximate surface area is 124 Å². The molecular weight excluding hydrogens is 264 g/mol. The smallest absolute Gasteiger partial charge is 0.224 e. The summed E-state index contributed by atoms with van der Waals surface area (Å²) >= 11 is 0. The van der Waals surface area contributed by atoms with Gasteiger partial charge in [-0.15, -0.1) is 0 Å². The molecule has 21 heavy (non-hydrogen) atoms. The van der Waals surface area contributed by atoms with Crippen LogP contribution in [0.25, 0.3) is 10.9 Å². The molecule has 110 valence electrons. The van der Waals surface area contributed by atoms with E-state index >= 15 is 0 Å². The van der Waals surface area contributed by atoms with Crippen molar-refractivity contribution in [3.8, 4) is 0 Å². The van der Waals surface area contributed by atoms with Crippen LogP contribution in [0, 0.1) is 12.8 Å². The van der Waals surface area contributed by atoms with Crippen LogP contribution in [0.2, 0.25) is 0 Å². The number of hydrogen-bond donors (Lipinski definition) is 2. The number of aryl methyl sites for hydroxylation is 1. The van der Waals surface area contributed by atoms with E-state index < -0.39 is 0 Å². The van der Waals surface area contributed by atoms with Gasteiger partial charge in [0.05, 0.1) is 17.1 Å². The van der Waals surface area contributed by atoms with E-state index in [4.69, 9.17) is 0 Å². The quantitative estimate of drug-likeness (QED) is 0.907. The van der Waals surface area contributed by atoms with E-state index in [0.29, 0.717) is 5.95 Å². The van der Waals surface area contributed by atoms with Crippen molar-refractivity contribution in [2.24, 2.45) is 5.92 Å². The Kier molecular flexibility index (Phi) is 3.73. The molecule has 3 rings (SSSR count). The largest absolute Gasteiger partial charge is 0.359 e. The normalized spacial score (nSPS) is 21.4. The zero-order chi connectivity index (χ0) is 14.8. The maximum atomic E-state index is 11.9. The van der Waals surface area contributed by atoms with Crippen LogP contribution >= 0.6 is 0 Å². The predicted molar refractivity (Wildman–Crippen MR) is 83.1 cm³/mol. The Balaban J connectivity index is 1.86. The van der Waals surface area contributed by atoms with Crippen molar-refractivity contribution in [1.82, 2.24) is 15.3 Å². The van der Waals surface area contributed by atoms with Crippen molar-refractivity contribution >= 4 is 22.8 Å². The second-order valence-corrected chi connectivity index (χ2v) is 5.55. The Morgan fingerprint density at radius 3 is 2.86 bits per heavy atom. The number of carbonyl (C=O) groups is 1. The van der Waals surface area contributed by atoms with Crippen molar-refractivity contribution in [2.45, 2.75) is 32.2 Å². The molecule has 1 amide bonds. The Morgan fingerprint density at radius 2 is 2.05 bits per heavy atom. The monoisotopic (exact) mass is 284 g/mol. The van der Waals surface area contributed by atoms with Crippen LogP contribution in [0.3, 0.4) is 0 Å². The first-order valence-corrected chi connectivity index (χ1v) is 7.40. The highest BCUT2D eigenvalue weighted by molar-refractivity contribution is 5.82. The molecule has 1 aliphatic carbocycles. The van der Waals surface area contributed by atoms with E-state index in [9.17, 15) is 4.79 Å². The third-order valence-electron chi connectivity index (χ3n) is 4.21. The van der Waals surface area contributed by atoms with Crippen molar-refractivity contribution < 1.29 is 4.79 Å². The van der Waals surface area contributed by atoms with Crippen molar-refractivity contribution in [3.63, 3.8) is 0 Å². The van der Waals surface area contributed by atoms with Crippen LogP contribution in [0.4, 0.5) is 5.95 Å². The first-order valence-electron chi connectivity index (χ1n) is 7.40. The molecule has 2 aromatic rings. The molecule has 5 heteroatoms. The topological polar surface area (TPSA) is 66.9 Å². The molecule has 5 nitrogen and oxygen atoms in total. The maximum absolute atomic E-state index is 11.9. The number of nitrogens with zero attached hydrogens (tertiary/aromatic N) is 2. The van der Waals surface area contributed by atoms with E-state index in [1.165, 1.54) is 0 Å². The van der Waals surface area contributed by atoms with Crippen molar-refractivity contribution in [1.29, 1.82) is 0 Å². The number of anilines is 1. The van der Waals surface area contributed by atoms with Gasteiger partial charge in [-0.2, -0.15) is 0 Å². The SMILES string of the molecule is CNC(=O)C1CCCC1Nc1nc(C)c2ccccc2n1. The van der Waals surface area contributed by atoms with Gasteiger partial charge in [-0.1, -0.05) is 24.6 Å². The summed E-state index contributed by atoms with van der Waals surface area (Å²) in [6.45, 7) is 1.99. The van der Waals surface area contributed by atoms with Crippen LogP contribution in [0.5, 0.6) is 0 Å². The first kappa shape index (κ1) is 13.8. The minimum absolute atomic E-state index is 0.00498. The highest BCUT2D eigenvalue weighted by atomic mass is 16.1. The van der Waals surface area contributed by atoms with Gasteiger partial charge in [0, 0.05) is 18.5 Å². The molecule has 1 aliphatic rings. The number of para-hydroxylation sites is 1. The van der Waals surface area contributed by atoms with Gasteiger partial charge in [-0.05, 0) is 25.8 Å². The summed E-state index contributed by atoms with van der Waals surface area (Å²) in [5.41, 5.74) is 1.89. The molecule has 0 saturated heterocycles. The molecule has 1 aromatic carbocycles. The average molecular weight is 284 g/mol. The lowest BCUT2D eigenvalue weighted by Crippen LogP contribution is -2.36. The minimum Gasteiger partial charge on any atom is -0.359 e. The number of hydrogen-bond acceptors (Lipinski definition) is 4. The molecule has 2 N–H and O–H groups in total. The molecule has 2 unspecified atom stereocenters. The molecule has 0 radical (unpaired) electrons. The van der Waals surface area contributed by atoms with Gasteiger partial charge in [0.2, 0.25) is 11.9 Å². The number of aromatic nitrogens is 2. The molecule has 1 saturated carbocycles. The fourth-order valence-electron chi connectivity index (χ4n) is 3.10. The van der Waals surface area contributed by atoms with Crippen LogP contribution in [0.15, 0.2) is 24.3 Å². The van der Waals surface area contributed by atoms with E-state index in [1.54, 1.807) is 7.05 Å². The van der Waals surface area contributed by atoms with Gasteiger partial charge >= 0.3 is 0 Å². The second-order valence-electron chi connectivity index (χ2n) is 5.55. The zero-order valence-electron chi connectivity index (χ0n) is 12.4. The highest BCUT2D eigenvalue weighted by Gasteiger charge is 2.32. The number of nitrogens with one attached hydrogen (secondary N) is 2. The molecule has 1 heterocycles. The predicted octanol–water partition coefficient (Wildman–Crippen LogP) is 2.26. The molecule has 2 atom stereocenters. The standard InChI is InChI=1S/C16H20N4O/c1-10-11-6-3-4-8-13(11)19-16(18-10)20-14-9-5-7-12(14)15(21)17-2/h3-4,6,8,12,14H,5,7,9H2,1-2H3,(H,17,21)(H,18,19,20). The first-order chi connectivity index (χ1) is 10.2. The summed E-state index contributed by atoms with van der Waals surface area (Å²) in [4.78, 5) is 21.0. The number of fused-ring (bicyclic) bond motifs is 1. The number of rotatable bonds is 3. The Morgan fingerprint density at radius 1 is 1.24 bits per heavy atom. The third kappa shape index (κ3) is 2.68. The molecule has 0 aliphatic heterocycles. The second kappa shape index (κ2) is 5.68. The summed E-state index contributed by atoms with van der Waals surface area (Å²) in [5, 5.41) is 7.17. The Hall–Kier alpha value is -2.17. The minimum atomic E-state index is 0.00498.